The van der Waals surface area contributed by atoms with Gasteiger partial charge >= 0.3 is 5.97 Å². The number of halogens is 1. The van der Waals surface area contributed by atoms with E-state index in [-0.39, 0.29) is 0 Å². The molecule has 0 aliphatic heterocycles. The Morgan fingerprint density at radius 3 is 2.71 bits per heavy atom. The zero-order valence-corrected chi connectivity index (χ0v) is 18.2. The lowest BCUT2D eigenvalue weighted by atomic mass is 9.85. The van der Waals surface area contributed by atoms with E-state index in [9.17, 15) is 15.0 Å². The van der Waals surface area contributed by atoms with Crippen LogP contribution in [-0.2, 0) is 12.8 Å². The first-order valence-electron chi connectivity index (χ1n) is 10.5. The largest absolute Gasteiger partial charge is 0.478 e. The number of carbonyl (C=O) groups is 1. The summed E-state index contributed by atoms with van der Waals surface area (Å²) < 4.78 is 0. The van der Waals surface area contributed by atoms with Gasteiger partial charge in [0.05, 0.1) is 11.7 Å². The molecule has 0 unspecified atom stereocenters. The van der Waals surface area contributed by atoms with Crippen molar-refractivity contribution >= 4 is 17.6 Å². The van der Waals surface area contributed by atoms with E-state index in [0.717, 1.165) is 41.5 Å². The molecule has 5 heteroatoms. The second-order valence-electron chi connectivity index (χ2n) is 8.24. The third-order valence-corrected chi connectivity index (χ3v) is 6.29. The molecule has 4 rings (SSSR count). The molecule has 2 atom stereocenters. The molecular weight excluding hydrogens is 410 g/mol. The molecule has 0 spiro atoms. The number of rotatable bonds is 6. The molecule has 31 heavy (non-hydrogen) atoms. The second kappa shape index (κ2) is 9.23. The molecule has 0 bridgehead atoms. The fourth-order valence-corrected chi connectivity index (χ4v) is 4.53. The van der Waals surface area contributed by atoms with Crippen molar-refractivity contribution < 1.29 is 15.0 Å². The minimum Gasteiger partial charge on any atom is -0.478 e. The molecule has 4 nitrogen and oxygen atoms in total. The molecule has 0 radical (unpaired) electrons. The van der Waals surface area contributed by atoms with Crippen LogP contribution >= 0.6 is 11.6 Å². The Hall–Kier alpha value is -2.66. The predicted molar refractivity (Wildman–Crippen MR) is 124 cm³/mol. The minimum atomic E-state index is -0.908. The molecule has 3 aromatic rings. The van der Waals surface area contributed by atoms with Crippen molar-refractivity contribution in [2.75, 3.05) is 6.54 Å². The Bertz CT molecular complexity index is 1110. The van der Waals surface area contributed by atoms with E-state index in [4.69, 9.17) is 11.6 Å². The summed E-state index contributed by atoms with van der Waals surface area (Å²) in [5, 5.41) is 23.8. The average molecular weight is 436 g/mol. The van der Waals surface area contributed by atoms with Crippen LogP contribution in [0.25, 0.3) is 11.1 Å². The fourth-order valence-electron chi connectivity index (χ4n) is 4.33. The Morgan fingerprint density at radius 1 is 1.13 bits per heavy atom. The highest BCUT2D eigenvalue weighted by Crippen LogP contribution is 2.30. The van der Waals surface area contributed by atoms with Crippen LogP contribution in [0.1, 0.15) is 45.1 Å². The Balaban J connectivity index is 1.46. The van der Waals surface area contributed by atoms with Gasteiger partial charge in [-0.1, -0.05) is 48.0 Å². The smallest absolute Gasteiger partial charge is 0.335 e. The van der Waals surface area contributed by atoms with Crippen LogP contribution in [0.3, 0.4) is 0 Å². The molecule has 160 valence electrons. The number of hydrogen-bond acceptors (Lipinski definition) is 3. The third kappa shape index (κ3) is 4.99. The highest BCUT2D eigenvalue weighted by Gasteiger charge is 2.20. The van der Waals surface area contributed by atoms with Crippen LogP contribution in [0.2, 0.25) is 5.02 Å². The molecule has 1 aliphatic carbocycles. The number of aliphatic hydroxyl groups excluding tert-OH is 1. The standard InChI is InChI=1S/C26H26ClNO3/c1-16-11-20(26(30)31)8-10-24(16)18-6-5-17-7-9-23(14-21(17)12-18)28-15-25(29)19-3-2-4-22(27)13-19/h2-6,8,10-13,23,25,28-29H,7,9,14-15H2,1H3,(H,30,31)/t23-,25+/m0/s1. The fraction of sp³-hybridized carbons (Fsp3) is 0.269. The van der Waals surface area contributed by atoms with Gasteiger partial charge in [0, 0.05) is 17.6 Å². The lowest BCUT2D eigenvalue weighted by Gasteiger charge is -2.27. The topological polar surface area (TPSA) is 69.6 Å². The summed E-state index contributed by atoms with van der Waals surface area (Å²) in [6.45, 7) is 2.43. The third-order valence-electron chi connectivity index (χ3n) is 6.05. The van der Waals surface area contributed by atoms with E-state index in [1.54, 1.807) is 24.3 Å². The molecule has 0 saturated heterocycles. The van der Waals surface area contributed by atoms with Crippen molar-refractivity contribution in [1.82, 2.24) is 5.32 Å². The van der Waals surface area contributed by atoms with Gasteiger partial charge < -0.3 is 15.5 Å². The van der Waals surface area contributed by atoms with E-state index in [1.807, 2.05) is 25.1 Å². The molecule has 3 aromatic carbocycles. The minimum absolute atomic E-state index is 0.298. The average Bonchev–Trinajstić information content (AvgIpc) is 2.76. The molecular formula is C26H26ClNO3. The van der Waals surface area contributed by atoms with Crippen LogP contribution in [0.15, 0.2) is 60.7 Å². The van der Waals surface area contributed by atoms with Crippen LogP contribution in [0.4, 0.5) is 0 Å². The molecule has 0 heterocycles. The zero-order chi connectivity index (χ0) is 22.0. The van der Waals surface area contributed by atoms with Crippen LogP contribution in [0.5, 0.6) is 0 Å². The first kappa shape index (κ1) is 21.6. The number of aryl methyl sites for hydroxylation is 2. The highest BCUT2D eigenvalue weighted by atomic mass is 35.5. The molecule has 0 amide bonds. The van der Waals surface area contributed by atoms with E-state index >= 15 is 0 Å². The monoisotopic (exact) mass is 435 g/mol. The van der Waals surface area contributed by atoms with Crippen molar-refractivity contribution in [2.45, 2.75) is 38.3 Å². The van der Waals surface area contributed by atoms with E-state index < -0.39 is 12.1 Å². The lowest BCUT2D eigenvalue weighted by Crippen LogP contribution is -2.37. The van der Waals surface area contributed by atoms with Crippen LogP contribution in [-0.4, -0.2) is 28.8 Å². The van der Waals surface area contributed by atoms with Gasteiger partial charge in [0.1, 0.15) is 0 Å². The van der Waals surface area contributed by atoms with Gasteiger partial charge in [0.25, 0.3) is 0 Å². The molecule has 1 aliphatic rings. The maximum atomic E-state index is 11.2. The number of benzene rings is 3. The quantitative estimate of drug-likeness (QED) is 0.498. The first-order valence-corrected chi connectivity index (χ1v) is 10.9. The molecule has 0 aromatic heterocycles. The number of carboxylic acids is 1. The summed E-state index contributed by atoms with van der Waals surface area (Å²) >= 11 is 6.03. The van der Waals surface area contributed by atoms with Gasteiger partial charge in [-0.05, 0) is 83.8 Å². The van der Waals surface area contributed by atoms with Crippen LogP contribution < -0.4 is 5.32 Å². The molecule has 0 saturated carbocycles. The van der Waals surface area contributed by atoms with Gasteiger partial charge in [0.15, 0.2) is 0 Å². The summed E-state index contributed by atoms with van der Waals surface area (Å²) in [6.07, 6.45) is 2.33. The number of nitrogens with one attached hydrogen (secondary N) is 1. The number of aromatic carboxylic acids is 1. The summed E-state index contributed by atoms with van der Waals surface area (Å²) in [6, 6.07) is 19.4. The van der Waals surface area contributed by atoms with E-state index in [2.05, 4.69) is 23.5 Å². The van der Waals surface area contributed by atoms with Crippen molar-refractivity contribution in [3.8, 4) is 11.1 Å². The predicted octanol–water partition coefficient (Wildman–Crippen LogP) is 5.19. The zero-order valence-electron chi connectivity index (χ0n) is 17.4. The van der Waals surface area contributed by atoms with Crippen molar-refractivity contribution in [1.29, 1.82) is 0 Å². The van der Waals surface area contributed by atoms with Gasteiger partial charge in [0.2, 0.25) is 0 Å². The Morgan fingerprint density at radius 2 is 1.97 bits per heavy atom. The summed E-state index contributed by atoms with van der Waals surface area (Å²) in [5.41, 5.74) is 6.90. The number of aliphatic hydroxyl groups is 1. The maximum absolute atomic E-state index is 11.2. The lowest BCUT2D eigenvalue weighted by molar-refractivity contribution is 0.0697. The van der Waals surface area contributed by atoms with Crippen molar-refractivity contribution in [3.05, 3.63) is 93.5 Å². The second-order valence-corrected chi connectivity index (χ2v) is 8.67. The summed E-state index contributed by atoms with van der Waals surface area (Å²) in [5.74, 6) is -0.908. The summed E-state index contributed by atoms with van der Waals surface area (Å²) in [4.78, 5) is 11.2. The van der Waals surface area contributed by atoms with Gasteiger partial charge in [-0.15, -0.1) is 0 Å². The SMILES string of the molecule is Cc1cc(C(=O)O)ccc1-c1ccc2c(c1)C[C@@H](NC[C@@H](O)c1cccc(Cl)c1)CC2. The van der Waals surface area contributed by atoms with Crippen molar-refractivity contribution in [2.24, 2.45) is 0 Å². The van der Waals surface area contributed by atoms with Gasteiger partial charge in [-0.25, -0.2) is 4.79 Å². The highest BCUT2D eigenvalue weighted by molar-refractivity contribution is 6.30. The normalized spacial score (nSPS) is 16.5. The Labute approximate surface area is 187 Å². The summed E-state index contributed by atoms with van der Waals surface area (Å²) in [7, 11) is 0. The van der Waals surface area contributed by atoms with Gasteiger partial charge in [-0.2, -0.15) is 0 Å². The van der Waals surface area contributed by atoms with Crippen LogP contribution in [0, 0.1) is 6.92 Å². The first-order chi connectivity index (χ1) is 14.9. The maximum Gasteiger partial charge on any atom is 0.335 e. The number of hydrogen-bond donors (Lipinski definition) is 3. The number of carboxylic acid groups (broad SMARTS) is 1. The van der Waals surface area contributed by atoms with Crippen molar-refractivity contribution in [3.63, 3.8) is 0 Å². The molecule has 0 fully saturated rings. The molecule has 3 N–H and O–H groups in total. The Kier molecular flexibility index (Phi) is 6.42. The van der Waals surface area contributed by atoms with Gasteiger partial charge in [-0.3, -0.25) is 0 Å². The van der Waals surface area contributed by atoms with E-state index in [0.29, 0.717) is 23.2 Å². The number of fused-ring (bicyclic) bond motifs is 1. The van der Waals surface area contributed by atoms with E-state index in [1.165, 1.54) is 11.1 Å².